The van der Waals surface area contributed by atoms with Crippen LogP contribution in [-0.4, -0.2) is 11.9 Å². The number of carbonyl (C=O) groups excluding carboxylic acids is 1. The van der Waals surface area contributed by atoms with Crippen molar-refractivity contribution in [2.75, 3.05) is 0 Å². The van der Waals surface area contributed by atoms with Gasteiger partial charge in [0.25, 0.3) is 0 Å². The van der Waals surface area contributed by atoms with E-state index in [1.807, 2.05) is 37.3 Å². The van der Waals surface area contributed by atoms with Crippen LogP contribution in [0.3, 0.4) is 0 Å². The maximum absolute atomic E-state index is 11.0. The van der Waals surface area contributed by atoms with Crippen molar-refractivity contribution in [2.45, 2.75) is 26.1 Å². The Morgan fingerprint density at radius 1 is 1.36 bits per heavy atom. The third-order valence-corrected chi connectivity index (χ3v) is 2.77. The Hall–Kier alpha value is -1.15. The first-order valence-electron chi connectivity index (χ1n) is 4.95. The van der Waals surface area contributed by atoms with Gasteiger partial charge in [-0.3, -0.25) is 4.79 Å². The van der Waals surface area contributed by atoms with Gasteiger partial charge < -0.3 is 4.74 Å². The number of hydrogen-bond donors (Lipinski definition) is 0. The summed E-state index contributed by atoms with van der Waals surface area (Å²) in [5.41, 5.74) is 1.17. The molecule has 2 nitrogen and oxygen atoms in total. The van der Waals surface area contributed by atoms with Crippen molar-refractivity contribution in [2.24, 2.45) is 5.92 Å². The summed E-state index contributed by atoms with van der Waals surface area (Å²) in [4.78, 5) is 11.0. The molecule has 0 heterocycles. The molecule has 0 spiro atoms. The van der Waals surface area contributed by atoms with Crippen molar-refractivity contribution in [3.63, 3.8) is 0 Å². The topological polar surface area (TPSA) is 26.3 Å². The van der Waals surface area contributed by atoms with Gasteiger partial charge in [0, 0.05) is 12.3 Å². The van der Waals surface area contributed by atoms with Crippen LogP contribution in [0.1, 0.15) is 18.9 Å². The number of ketones is 1. The number of benzene rings is 1. The Morgan fingerprint density at radius 2 is 2.07 bits per heavy atom. The molecular formula is C12H14O2. The Bertz CT molecular complexity index is 318. The van der Waals surface area contributed by atoms with Crippen LogP contribution in [0.5, 0.6) is 0 Å². The fraction of sp³-hybridized carbons (Fsp3) is 0.417. The van der Waals surface area contributed by atoms with Gasteiger partial charge in [-0.15, -0.1) is 0 Å². The summed E-state index contributed by atoms with van der Waals surface area (Å²) < 4.78 is 5.63. The highest BCUT2D eigenvalue weighted by molar-refractivity contribution is 5.87. The van der Waals surface area contributed by atoms with Crippen molar-refractivity contribution < 1.29 is 9.53 Å². The van der Waals surface area contributed by atoms with Gasteiger partial charge in [-0.1, -0.05) is 37.3 Å². The van der Waals surface area contributed by atoms with Gasteiger partial charge in [0.1, 0.15) is 5.78 Å². The summed E-state index contributed by atoms with van der Waals surface area (Å²) in [5.74, 6) is 0.418. The molecule has 14 heavy (non-hydrogen) atoms. The Balaban J connectivity index is 1.81. The van der Waals surface area contributed by atoms with Gasteiger partial charge >= 0.3 is 0 Å². The normalized spacial score (nSPS) is 25.9. The van der Waals surface area contributed by atoms with E-state index in [0.717, 1.165) is 0 Å². The molecule has 1 fully saturated rings. The highest BCUT2D eigenvalue weighted by Crippen LogP contribution is 2.26. The van der Waals surface area contributed by atoms with E-state index in [4.69, 9.17) is 4.74 Å². The summed E-state index contributed by atoms with van der Waals surface area (Å²) in [6, 6.07) is 10.0. The molecule has 2 rings (SSSR count). The maximum Gasteiger partial charge on any atom is 0.140 e. The van der Waals surface area contributed by atoms with E-state index in [0.29, 0.717) is 18.8 Å². The second kappa shape index (κ2) is 3.93. The van der Waals surface area contributed by atoms with E-state index in [1.54, 1.807) is 0 Å². The minimum absolute atomic E-state index is 0.0960. The zero-order valence-electron chi connectivity index (χ0n) is 8.27. The molecule has 74 valence electrons. The standard InChI is InChI=1S/C12H14O2/c1-9-11(13)7-12(9)14-8-10-5-3-2-4-6-10/h2-6,9,12H,7-8H2,1H3/t9-,12?/m1/s1. The lowest BCUT2D eigenvalue weighted by Gasteiger charge is -2.31. The number of hydrogen-bond acceptors (Lipinski definition) is 2. The summed E-state index contributed by atoms with van der Waals surface area (Å²) in [7, 11) is 0. The molecule has 0 aliphatic heterocycles. The van der Waals surface area contributed by atoms with Crippen molar-refractivity contribution in [1.82, 2.24) is 0 Å². The van der Waals surface area contributed by atoms with Crippen LogP contribution in [0.4, 0.5) is 0 Å². The van der Waals surface area contributed by atoms with Crippen molar-refractivity contribution in [3.8, 4) is 0 Å². The smallest absolute Gasteiger partial charge is 0.140 e. The fourth-order valence-corrected chi connectivity index (χ4v) is 1.59. The van der Waals surface area contributed by atoms with Crippen molar-refractivity contribution in [3.05, 3.63) is 35.9 Å². The van der Waals surface area contributed by atoms with E-state index in [1.165, 1.54) is 5.56 Å². The van der Waals surface area contributed by atoms with Gasteiger partial charge in [0.05, 0.1) is 12.7 Å². The third-order valence-electron chi connectivity index (χ3n) is 2.77. The van der Waals surface area contributed by atoms with Crippen LogP contribution in [0.25, 0.3) is 0 Å². The summed E-state index contributed by atoms with van der Waals surface area (Å²) >= 11 is 0. The molecule has 2 atom stereocenters. The maximum atomic E-state index is 11.0. The minimum atomic E-state index is 0.0960. The number of carbonyl (C=O) groups is 1. The van der Waals surface area contributed by atoms with Crippen LogP contribution in [0.2, 0.25) is 0 Å². The largest absolute Gasteiger partial charge is 0.372 e. The Morgan fingerprint density at radius 3 is 2.64 bits per heavy atom. The molecule has 1 saturated carbocycles. The second-order valence-corrected chi connectivity index (χ2v) is 3.79. The molecule has 1 aliphatic rings. The molecule has 2 heteroatoms. The molecule has 0 aromatic heterocycles. The number of rotatable bonds is 3. The average Bonchev–Trinajstić information content (AvgIpc) is 2.25. The lowest BCUT2D eigenvalue weighted by atomic mass is 9.82. The van der Waals surface area contributed by atoms with E-state index in [9.17, 15) is 4.79 Å². The Labute approximate surface area is 83.9 Å². The highest BCUT2D eigenvalue weighted by Gasteiger charge is 2.36. The second-order valence-electron chi connectivity index (χ2n) is 3.79. The first-order valence-corrected chi connectivity index (χ1v) is 4.95. The monoisotopic (exact) mass is 190 g/mol. The molecule has 1 aliphatic carbocycles. The van der Waals surface area contributed by atoms with Crippen molar-refractivity contribution in [1.29, 1.82) is 0 Å². The summed E-state index contributed by atoms with van der Waals surface area (Å²) in [5, 5.41) is 0. The molecule has 1 unspecified atom stereocenters. The molecule has 1 aromatic carbocycles. The molecule has 0 N–H and O–H groups in total. The van der Waals surface area contributed by atoms with Gasteiger partial charge in [0.2, 0.25) is 0 Å². The SMILES string of the molecule is C[C@@H]1C(=O)CC1OCc1ccccc1. The van der Waals surface area contributed by atoms with Gasteiger partial charge in [0.15, 0.2) is 0 Å². The minimum Gasteiger partial charge on any atom is -0.372 e. The zero-order chi connectivity index (χ0) is 9.97. The molecule has 0 radical (unpaired) electrons. The molecule has 1 aromatic rings. The predicted molar refractivity (Wildman–Crippen MR) is 53.8 cm³/mol. The first-order chi connectivity index (χ1) is 6.77. The van der Waals surface area contributed by atoms with E-state index in [-0.39, 0.29) is 12.0 Å². The van der Waals surface area contributed by atoms with Gasteiger partial charge in [-0.25, -0.2) is 0 Å². The molecule has 0 saturated heterocycles. The lowest BCUT2D eigenvalue weighted by Crippen LogP contribution is -2.41. The van der Waals surface area contributed by atoms with Gasteiger partial charge in [-0.2, -0.15) is 0 Å². The number of ether oxygens (including phenoxy) is 1. The zero-order valence-corrected chi connectivity index (χ0v) is 8.27. The van der Waals surface area contributed by atoms with Crippen molar-refractivity contribution >= 4 is 5.78 Å². The summed E-state index contributed by atoms with van der Waals surface area (Å²) in [6.07, 6.45) is 0.733. The van der Waals surface area contributed by atoms with Crippen LogP contribution >= 0.6 is 0 Å². The van der Waals surface area contributed by atoms with Gasteiger partial charge in [-0.05, 0) is 5.56 Å². The average molecular weight is 190 g/mol. The van der Waals surface area contributed by atoms with E-state index >= 15 is 0 Å². The highest BCUT2D eigenvalue weighted by atomic mass is 16.5. The van der Waals surface area contributed by atoms with Crippen LogP contribution in [-0.2, 0) is 16.1 Å². The fourth-order valence-electron chi connectivity index (χ4n) is 1.59. The first kappa shape index (κ1) is 9.41. The van der Waals surface area contributed by atoms with Crippen LogP contribution < -0.4 is 0 Å². The summed E-state index contributed by atoms with van der Waals surface area (Å²) in [6.45, 7) is 2.55. The number of Topliss-reactive ketones (excluding diaryl/α,β-unsaturated/α-hetero) is 1. The lowest BCUT2D eigenvalue weighted by molar-refractivity contribution is -0.144. The van der Waals surface area contributed by atoms with E-state index in [2.05, 4.69) is 0 Å². The Kier molecular flexibility index (Phi) is 2.64. The predicted octanol–water partition coefficient (Wildman–Crippen LogP) is 2.18. The van der Waals surface area contributed by atoms with E-state index < -0.39 is 0 Å². The van der Waals surface area contributed by atoms with Crippen LogP contribution in [0, 0.1) is 5.92 Å². The molecule has 0 bridgehead atoms. The third kappa shape index (κ3) is 1.85. The molecular weight excluding hydrogens is 176 g/mol. The molecule has 0 amide bonds. The quantitative estimate of drug-likeness (QED) is 0.730. The van der Waals surface area contributed by atoms with Crippen LogP contribution in [0.15, 0.2) is 30.3 Å².